The van der Waals surface area contributed by atoms with E-state index in [0.29, 0.717) is 17.3 Å². The van der Waals surface area contributed by atoms with Crippen LogP contribution in [0.1, 0.15) is 55.8 Å². The van der Waals surface area contributed by atoms with E-state index >= 15 is 0 Å². The summed E-state index contributed by atoms with van der Waals surface area (Å²) in [5, 5.41) is 6.82. The molecule has 26 heavy (non-hydrogen) atoms. The Hall–Kier alpha value is -2.11. The highest BCUT2D eigenvalue weighted by Gasteiger charge is 2.60. The van der Waals surface area contributed by atoms with Crippen LogP contribution in [-0.2, 0) is 4.79 Å². The van der Waals surface area contributed by atoms with Crippen molar-refractivity contribution in [3.05, 3.63) is 23.9 Å². The zero-order chi connectivity index (χ0) is 17.9. The van der Waals surface area contributed by atoms with Crippen LogP contribution in [0.3, 0.4) is 0 Å². The first-order chi connectivity index (χ1) is 12.5. The lowest BCUT2D eigenvalue weighted by atomic mass is 9.51. The molecule has 1 saturated heterocycles. The second kappa shape index (κ2) is 5.44. The van der Waals surface area contributed by atoms with E-state index in [1.54, 1.807) is 18.3 Å². The van der Waals surface area contributed by atoms with Gasteiger partial charge in [0.15, 0.2) is 0 Å². The maximum atomic E-state index is 13.1. The van der Waals surface area contributed by atoms with Gasteiger partial charge in [0.2, 0.25) is 5.91 Å². The van der Waals surface area contributed by atoms with Crippen molar-refractivity contribution in [3.8, 4) is 0 Å². The fourth-order valence-electron chi connectivity index (χ4n) is 5.86. The van der Waals surface area contributed by atoms with Gasteiger partial charge in [0.05, 0.1) is 5.56 Å². The lowest BCUT2D eigenvalue weighted by Crippen LogP contribution is -2.70. The number of carbonyl (C=O) groups excluding carboxylic acids is 2. The standard InChI is InChI=1S/C20H26N4O2/c1-19-7-6-13(11-15(19)18(26)24-9-2-3-10-24)20(12-19)22-16-14(17(25)23-20)5-4-8-21-16/h4-5,8,13,15H,2-3,6-7,9-12H2,1H3,(H,21,22)(H,23,25). The summed E-state index contributed by atoms with van der Waals surface area (Å²) < 4.78 is 0. The van der Waals surface area contributed by atoms with Crippen LogP contribution in [0.4, 0.5) is 5.82 Å². The van der Waals surface area contributed by atoms with Gasteiger partial charge in [-0.2, -0.15) is 0 Å². The number of amides is 2. The molecule has 1 aromatic rings. The third-order valence-electron chi connectivity index (χ3n) is 7.25. The molecule has 0 radical (unpaired) electrons. The number of anilines is 1. The zero-order valence-electron chi connectivity index (χ0n) is 15.3. The minimum atomic E-state index is -0.465. The Kier molecular flexibility index (Phi) is 3.37. The summed E-state index contributed by atoms with van der Waals surface area (Å²) in [5.41, 5.74) is 0.0585. The molecule has 6 heteroatoms. The van der Waals surface area contributed by atoms with Crippen molar-refractivity contribution in [1.29, 1.82) is 0 Å². The molecule has 4 atom stereocenters. The largest absolute Gasteiger partial charge is 0.347 e. The van der Waals surface area contributed by atoms with Crippen molar-refractivity contribution in [2.45, 2.75) is 51.1 Å². The molecule has 6 nitrogen and oxygen atoms in total. The first kappa shape index (κ1) is 16.1. The van der Waals surface area contributed by atoms with Gasteiger partial charge in [0.25, 0.3) is 5.91 Å². The monoisotopic (exact) mass is 354 g/mol. The Morgan fingerprint density at radius 3 is 2.88 bits per heavy atom. The molecule has 138 valence electrons. The Bertz CT molecular complexity index is 775. The first-order valence-electron chi connectivity index (χ1n) is 9.85. The highest BCUT2D eigenvalue weighted by Crippen LogP contribution is 2.58. The fraction of sp³-hybridized carbons (Fsp3) is 0.650. The van der Waals surface area contributed by atoms with E-state index < -0.39 is 5.66 Å². The van der Waals surface area contributed by atoms with Gasteiger partial charge < -0.3 is 15.5 Å². The third kappa shape index (κ3) is 2.20. The van der Waals surface area contributed by atoms with Crippen molar-refractivity contribution in [2.24, 2.45) is 17.3 Å². The molecular weight excluding hydrogens is 328 g/mol. The number of likely N-dealkylation sites (tertiary alicyclic amines) is 1. The highest BCUT2D eigenvalue weighted by molar-refractivity contribution is 6.01. The van der Waals surface area contributed by atoms with Crippen LogP contribution in [0.5, 0.6) is 0 Å². The molecule has 5 aliphatic rings. The molecule has 2 aliphatic heterocycles. The van der Waals surface area contributed by atoms with E-state index in [9.17, 15) is 9.59 Å². The minimum Gasteiger partial charge on any atom is -0.347 e. The second-order valence-electron chi connectivity index (χ2n) is 8.84. The van der Waals surface area contributed by atoms with Gasteiger partial charge in [-0.3, -0.25) is 9.59 Å². The summed E-state index contributed by atoms with van der Waals surface area (Å²) in [6, 6.07) is 3.59. The predicted octanol–water partition coefficient (Wildman–Crippen LogP) is 2.38. The molecule has 1 aromatic heterocycles. The van der Waals surface area contributed by atoms with Crippen molar-refractivity contribution in [3.63, 3.8) is 0 Å². The number of pyridine rings is 1. The van der Waals surface area contributed by atoms with Gasteiger partial charge in [0.1, 0.15) is 11.5 Å². The molecule has 2 bridgehead atoms. The fourth-order valence-corrected chi connectivity index (χ4v) is 5.86. The van der Waals surface area contributed by atoms with Crippen LogP contribution in [0.25, 0.3) is 0 Å². The van der Waals surface area contributed by atoms with Gasteiger partial charge in [-0.1, -0.05) is 6.92 Å². The summed E-state index contributed by atoms with van der Waals surface area (Å²) in [5.74, 6) is 1.30. The van der Waals surface area contributed by atoms with E-state index in [4.69, 9.17) is 0 Å². The maximum absolute atomic E-state index is 13.1. The molecule has 4 fully saturated rings. The van der Waals surface area contributed by atoms with E-state index in [0.717, 1.165) is 51.6 Å². The number of rotatable bonds is 1. The summed E-state index contributed by atoms with van der Waals surface area (Å²) in [6.07, 6.45) is 7.70. The molecule has 3 saturated carbocycles. The molecule has 3 aliphatic carbocycles. The molecule has 6 rings (SSSR count). The van der Waals surface area contributed by atoms with Crippen LogP contribution in [0, 0.1) is 17.3 Å². The van der Waals surface area contributed by atoms with Crippen molar-refractivity contribution in [2.75, 3.05) is 18.4 Å². The molecule has 1 spiro atoms. The van der Waals surface area contributed by atoms with Crippen molar-refractivity contribution >= 4 is 17.6 Å². The average molecular weight is 354 g/mol. The van der Waals surface area contributed by atoms with Gasteiger partial charge >= 0.3 is 0 Å². The topological polar surface area (TPSA) is 74.3 Å². The normalized spacial score (nSPS) is 38.0. The van der Waals surface area contributed by atoms with E-state index in [1.807, 2.05) is 0 Å². The molecule has 3 heterocycles. The van der Waals surface area contributed by atoms with Gasteiger partial charge in [0, 0.05) is 31.1 Å². The first-order valence-corrected chi connectivity index (χ1v) is 9.85. The predicted molar refractivity (Wildman–Crippen MR) is 97.4 cm³/mol. The second-order valence-corrected chi connectivity index (χ2v) is 8.84. The number of fused-ring (bicyclic) bond motifs is 3. The van der Waals surface area contributed by atoms with Crippen LogP contribution in [0.2, 0.25) is 0 Å². The van der Waals surface area contributed by atoms with Gasteiger partial charge in [-0.05, 0) is 56.1 Å². The third-order valence-corrected chi connectivity index (χ3v) is 7.25. The van der Waals surface area contributed by atoms with Crippen LogP contribution < -0.4 is 10.6 Å². The van der Waals surface area contributed by atoms with E-state index in [1.165, 1.54) is 0 Å². The number of carbonyl (C=O) groups is 2. The highest BCUT2D eigenvalue weighted by atomic mass is 16.2. The van der Waals surface area contributed by atoms with Crippen LogP contribution in [0.15, 0.2) is 18.3 Å². The van der Waals surface area contributed by atoms with E-state index in [-0.39, 0.29) is 23.2 Å². The van der Waals surface area contributed by atoms with Gasteiger partial charge in [-0.15, -0.1) is 0 Å². The smallest absolute Gasteiger partial charge is 0.256 e. The van der Waals surface area contributed by atoms with E-state index in [2.05, 4.69) is 27.4 Å². The maximum Gasteiger partial charge on any atom is 0.256 e. The quantitative estimate of drug-likeness (QED) is 0.812. The summed E-state index contributed by atoms with van der Waals surface area (Å²) in [4.78, 5) is 32.3. The Morgan fingerprint density at radius 2 is 2.12 bits per heavy atom. The van der Waals surface area contributed by atoms with Gasteiger partial charge in [-0.25, -0.2) is 4.98 Å². The van der Waals surface area contributed by atoms with Crippen LogP contribution in [-0.4, -0.2) is 40.5 Å². The average Bonchev–Trinajstić information content (AvgIpc) is 3.15. The Morgan fingerprint density at radius 1 is 1.31 bits per heavy atom. The number of nitrogens with one attached hydrogen (secondary N) is 2. The minimum absolute atomic E-state index is 0.0505. The zero-order valence-corrected chi connectivity index (χ0v) is 15.3. The number of hydrogen-bond donors (Lipinski definition) is 2. The van der Waals surface area contributed by atoms with Crippen molar-refractivity contribution < 1.29 is 9.59 Å². The number of aromatic nitrogens is 1. The lowest BCUT2D eigenvalue weighted by molar-refractivity contribution is -0.149. The number of nitrogens with zero attached hydrogens (tertiary/aromatic N) is 2. The summed E-state index contributed by atoms with van der Waals surface area (Å²) in [7, 11) is 0. The Balaban J connectivity index is 1.45. The Labute approximate surface area is 153 Å². The summed E-state index contributed by atoms with van der Waals surface area (Å²) in [6.45, 7) is 4.06. The summed E-state index contributed by atoms with van der Waals surface area (Å²) >= 11 is 0. The number of hydrogen-bond acceptors (Lipinski definition) is 4. The van der Waals surface area contributed by atoms with Crippen LogP contribution >= 0.6 is 0 Å². The molecule has 2 amide bonds. The molecule has 2 N–H and O–H groups in total. The molecule has 4 unspecified atom stereocenters. The molecular formula is C20H26N4O2. The molecule has 0 aromatic carbocycles. The lowest BCUT2D eigenvalue weighted by Gasteiger charge is -2.60. The SMILES string of the molecule is CC12CCC(CC1C(=O)N1CCCC1)C1(C2)NC(=O)c2cccnc2N1. The van der Waals surface area contributed by atoms with Crippen molar-refractivity contribution in [1.82, 2.24) is 15.2 Å².